The fourth-order valence-corrected chi connectivity index (χ4v) is 3.23. The third-order valence-corrected chi connectivity index (χ3v) is 4.82. The third kappa shape index (κ3) is 3.66. The summed E-state index contributed by atoms with van der Waals surface area (Å²) in [5.74, 6) is 0.232. The normalized spacial score (nSPS) is 16.5. The fourth-order valence-electron chi connectivity index (χ4n) is 2.40. The van der Waals surface area contributed by atoms with Crippen molar-refractivity contribution >= 4 is 21.4 Å². The molecule has 1 fully saturated rings. The van der Waals surface area contributed by atoms with Crippen molar-refractivity contribution in [2.75, 3.05) is 43.9 Å². The number of nitro groups is 1. The van der Waals surface area contributed by atoms with Crippen LogP contribution in [0.1, 0.15) is 6.92 Å². The van der Waals surface area contributed by atoms with Crippen molar-refractivity contribution in [3.05, 3.63) is 28.3 Å². The van der Waals surface area contributed by atoms with Gasteiger partial charge in [-0.25, -0.2) is 8.42 Å². The van der Waals surface area contributed by atoms with E-state index in [-0.39, 0.29) is 11.4 Å². The molecule has 2 rings (SSSR count). The van der Waals surface area contributed by atoms with Gasteiger partial charge in [0.2, 0.25) is 10.0 Å². The summed E-state index contributed by atoms with van der Waals surface area (Å²) in [7, 11) is -3.17. The summed E-state index contributed by atoms with van der Waals surface area (Å²) >= 11 is 0. The number of piperazine rings is 1. The molecule has 1 saturated heterocycles. The average molecular weight is 329 g/mol. The molecule has 1 heterocycles. The lowest BCUT2D eigenvalue weighted by atomic mass is 10.2. The van der Waals surface area contributed by atoms with Gasteiger partial charge in [-0.3, -0.25) is 10.1 Å². The third-order valence-electron chi connectivity index (χ3n) is 3.51. The summed E-state index contributed by atoms with van der Waals surface area (Å²) in [6.45, 7) is 3.99. The van der Waals surface area contributed by atoms with Crippen LogP contribution in [-0.4, -0.2) is 56.7 Å². The molecule has 1 aromatic rings. The molecule has 122 valence electrons. The summed E-state index contributed by atoms with van der Waals surface area (Å²) in [6, 6.07) is 4.72. The van der Waals surface area contributed by atoms with Crippen LogP contribution in [0.4, 0.5) is 11.4 Å². The highest BCUT2D eigenvalue weighted by molar-refractivity contribution is 7.88. The fraction of sp³-hybridized carbons (Fsp3) is 0.538. The maximum atomic E-state index is 11.5. The predicted molar refractivity (Wildman–Crippen MR) is 82.9 cm³/mol. The molecule has 1 aliphatic heterocycles. The molecule has 0 saturated carbocycles. The van der Waals surface area contributed by atoms with E-state index >= 15 is 0 Å². The minimum Gasteiger partial charge on any atom is -0.487 e. The minimum atomic E-state index is -3.17. The number of rotatable bonds is 5. The molecule has 0 spiro atoms. The minimum absolute atomic E-state index is 0.0691. The van der Waals surface area contributed by atoms with Crippen molar-refractivity contribution in [2.45, 2.75) is 6.92 Å². The van der Waals surface area contributed by atoms with Crippen molar-refractivity contribution in [3.63, 3.8) is 0 Å². The Morgan fingerprint density at radius 1 is 1.27 bits per heavy atom. The SMILES string of the molecule is CCOc1cc(N2CCN(S(C)(=O)=O)CC2)ccc1[N+](=O)[O-]. The molecule has 9 heteroatoms. The molecule has 0 amide bonds. The molecule has 0 bridgehead atoms. The second-order valence-corrected chi connectivity index (χ2v) is 6.97. The topological polar surface area (TPSA) is 93.0 Å². The van der Waals surface area contributed by atoms with Gasteiger partial charge in [0.25, 0.3) is 0 Å². The first-order valence-electron chi connectivity index (χ1n) is 6.94. The van der Waals surface area contributed by atoms with Gasteiger partial charge in [0.05, 0.1) is 17.8 Å². The van der Waals surface area contributed by atoms with Gasteiger partial charge in [0.15, 0.2) is 5.75 Å². The average Bonchev–Trinajstić information content (AvgIpc) is 2.46. The van der Waals surface area contributed by atoms with Gasteiger partial charge in [-0.15, -0.1) is 0 Å². The zero-order valence-corrected chi connectivity index (χ0v) is 13.4. The Morgan fingerprint density at radius 3 is 2.41 bits per heavy atom. The van der Waals surface area contributed by atoms with Crippen LogP contribution in [0.2, 0.25) is 0 Å². The molecule has 0 aliphatic carbocycles. The van der Waals surface area contributed by atoms with E-state index in [9.17, 15) is 18.5 Å². The van der Waals surface area contributed by atoms with E-state index in [4.69, 9.17) is 4.74 Å². The van der Waals surface area contributed by atoms with Crippen molar-refractivity contribution in [1.82, 2.24) is 4.31 Å². The predicted octanol–water partition coefficient (Wildman–Crippen LogP) is 1.08. The highest BCUT2D eigenvalue weighted by Gasteiger charge is 2.25. The van der Waals surface area contributed by atoms with Crippen LogP contribution in [0.25, 0.3) is 0 Å². The van der Waals surface area contributed by atoms with Gasteiger partial charge >= 0.3 is 5.69 Å². The summed E-state index contributed by atoms with van der Waals surface area (Å²) in [6.07, 6.45) is 1.20. The maximum Gasteiger partial charge on any atom is 0.311 e. The number of ether oxygens (including phenoxy) is 1. The quantitative estimate of drug-likeness (QED) is 0.593. The summed E-state index contributed by atoms with van der Waals surface area (Å²) < 4.78 is 29.8. The lowest BCUT2D eigenvalue weighted by Crippen LogP contribution is -2.48. The first kappa shape index (κ1) is 16.5. The van der Waals surface area contributed by atoms with Gasteiger partial charge in [0.1, 0.15) is 0 Å². The number of hydrogen-bond acceptors (Lipinski definition) is 6. The lowest BCUT2D eigenvalue weighted by Gasteiger charge is -2.34. The van der Waals surface area contributed by atoms with E-state index in [1.54, 1.807) is 19.1 Å². The van der Waals surface area contributed by atoms with Crippen molar-refractivity contribution < 1.29 is 18.1 Å². The summed E-state index contributed by atoms with van der Waals surface area (Å²) in [5.41, 5.74) is 0.725. The standard InChI is InChI=1S/C13H19N3O5S/c1-3-21-13-10-11(4-5-12(13)16(17)18)14-6-8-15(9-7-14)22(2,19)20/h4-5,10H,3,6-9H2,1-2H3. The zero-order valence-electron chi connectivity index (χ0n) is 12.6. The van der Waals surface area contributed by atoms with E-state index in [1.165, 1.54) is 16.6 Å². The Bertz CT molecular complexity index is 654. The van der Waals surface area contributed by atoms with E-state index in [0.29, 0.717) is 32.8 Å². The van der Waals surface area contributed by atoms with Gasteiger partial charge in [0, 0.05) is 44.0 Å². The van der Waals surface area contributed by atoms with Gasteiger partial charge in [-0.2, -0.15) is 4.31 Å². The highest BCUT2D eigenvalue weighted by atomic mass is 32.2. The Hall–Kier alpha value is -1.87. The lowest BCUT2D eigenvalue weighted by molar-refractivity contribution is -0.385. The van der Waals surface area contributed by atoms with Crippen LogP contribution < -0.4 is 9.64 Å². The number of anilines is 1. The monoisotopic (exact) mass is 329 g/mol. The second kappa shape index (κ2) is 6.49. The van der Waals surface area contributed by atoms with Crippen molar-refractivity contribution in [2.24, 2.45) is 0 Å². The number of sulfonamides is 1. The number of nitro benzene ring substituents is 1. The van der Waals surface area contributed by atoms with Crippen molar-refractivity contribution in [3.8, 4) is 5.75 Å². The van der Waals surface area contributed by atoms with E-state index in [2.05, 4.69) is 0 Å². The molecule has 0 atom stereocenters. The van der Waals surface area contributed by atoms with Crippen LogP contribution in [-0.2, 0) is 10.0 Å². The molecule has 0 unspecified atom stereocenters. The first-order chi connectivity index (χ1) is 10.3. The van der Waals surface area contributed by atoms with E-state index < -0.39 is 14.9 Å². The number of hydrogen-bond donors (Lipinski definition) is 0. The molecule has 22 heavy (non-hydrogen) atoms. The molecule has 8 nitrogen and oxygen atoms in total. The van der Waals surface area contributed by atoms with E-state index in [0.717, 1.165) is 5.69 Å². The molecule has 0 radical (unpaired) electrons. The molecule has 0 aromatic heterocycles. The number of nitrogens with zero attached hydrogens (tertiary/aromatic N) is 3. The van der Waals surface area contributed by atoms with Crippen LogP contribution in [0, 0.1) is 10.1 Å². The van der Waals surface area contributed by atoms with Gasteiger partial charge < -0.3 is 9.64 Å². The Kier molecular flexibility index (Phi) is 4.87. The largest absolute Gasteiger partial charge is 0.487 e. The van der Waals surface area contributed by atoms with E-state index in [1.807, 2.05) is 4.90 Å². The second-order valence-electron chi connectivity index (χ2n) is 4.99. The Balaban J connectivity index is 2.17. The molecule has 1 aliphatic rings. The van der Waals surface area contributed by atoms with Crippen LogP contribution in [0.15, 0.2) is 18.2 Å². The van der Waals surface area contributed by atoms with Gasteiger partial charge in [-0.05, 0) is 13.0 Å². The summed E-state index contributed by atoms with van der Waals surface area (Å²) in [4.78, 5) is 12.5. The van der Waals surface area contributed by atoms with Gasteiger partial charge in [-0.1, -0.05) is 0 Å². The maximum absolute atomic E-state index is 11.5. The van der Waals surface area contributed by atoms with Crippen molar-refractivity contribution in [1.29, 1.82) is 0 Å². The summed E-state index contributed by atoms with van der Waals surface area (Å²) in [5, 5.41) is 11.0. The molecular formula is C13H19N3O5S. The Labute approximate surface area is 129 Å². The van der Waals surface area contributed by atoms with Crippen LogP contribution in [0.5, 0.6) is 5.75 Å². The van der Waals surface area contributed by atoms with Crippen LogP contribution >= 0.6 is 0 Å². The smallest absolute Gasteiger partial charge is 0.311 e. The highest BCUT2D eigenvalue weighted by Crippen LogP contribution is 2.32. The Morgan fingerprint density at radius 2 is 1.91 bits per heavy atom. The zero-order chi connectivity index (χ0) is 16.3. The van der Waals surface area contributed by atoms with Crippen LogP contribution in [0.3, 0.4) is 0 Å². The molecule has 0 N–H and O–H groups in total. The molecule has 1 aromatic carbocycles. The first-order valence-corrected chi connectivity index (χ1v) is 8.79. The molecular weight excluding hydrogens is 310 g/mol. The number of benzene rings is 1.